The molecule has 1 atom stereocenters. The quantitative estimate of drug-likeness (QED) is 0.775. The summed E-state index contributed by atoms with van der Waals surface area (Å²) in [6, 6.07) is 3.39. The molecule has 1 aromatic carbocycles. The Bertz CT molecular complexity index is 519. The number of amides is 2. The van der Waals surface area contributed by atoms with Crippen LogP contribution in [0.15, 0.2) is 18.2 Å². The van der Waals surface area contributed by atoms with Crippen LogP contribution in [-0.2, 0) is 4.79 Å². The Morgan fingerprint density at radius 3 is 2.95 bits per heavy atom. The summed E-state index contributed by atoms with van der Waals surface area (Å²) in [5.41, 5.74) is 5.66. The van der Waals surface area contributed by atoms with E-state index in [1.54, 1.807) is 0 Å². The van der Waals surface area contributed by atoms with Crippen molar-refractivity contribution in [2.75, 3.05) is 18.8 Å². The van der Waals surface area contributed by atoms with Crippen LogP contribution in [0, 0.1) is 5.82 Å². The van der Waals surface area contributed by atoms with Gasteiger partial charge in [-0.15, -0.1) is 0 Å². The van der Waals surface area contributed by atoms with Crippen molar-refractivity contribution < 1.29 is 14.0 Å². The monoisotopic (exact) mass is 265 g/mol. The molecule has 1 unspecified atom stereocenters. The summed E-state index contributed by atoms with van der Waals surface area (Å²) in [5.74, 6) is -1.33. The third-order valence-corrected chi connectivity index (χ3v) is 3.20. The van der Waals surface area contributed by atoms with E-state index in [1.807, 2.05) is 6.92 Å². The molecule has 1 aromatic rings. The molecule has 1 heterocycles. The van der Waals surface area contributed by atoms with Gasteiger partial charge in [0, 0.05) is 18.8 Å². The first-order chi connectivity index (χ1) is 9.04. The number of carbonyl (C=O) groups is 2. The number of anilines is 1. The zero-order chi connectivity index (χ0) is 14.0. The van der Waals surface area contributed by atoms with Gasteiger partial charge in [0.05, 0.1) is 5.56 Å². The SMILES string of the molecule is CCC1C(=O)NCCN1C(=O)c1ccc(N)cc1F. The molecule has 0 saturated carbocycles. The molecule has 0 aromatic heterocycles. The number of halogens is 1. The molecule has 1 saturated heterocycles. The van der Waals surface area contributed by atoms with Gasteiger partial charge in [-0.3, -0.25) is 9.59 Å². The maximum atomic E-state index is 13.8. The highest BCUT2D eigenvalue weighted by atomic mass is 19.1. The zero-order valence-electron chi connectivity index (χ0n) is 10.6. The van der Waals surface area contributed by atoms with Crippen molar-refractivity contribution in [1.29, 1.82) is 0 Å². The third kappa shape index (κ3) is 2.52. The average Bonchev–Trinajstić information content (AvgIpc) is 2.37. The first-order valence-electron chi connectivity index (χ1n) is 6.18. The molecule has 2 rings (SSSR count). The summed E-state index contributed by atoms with van der Waals surface area (Å²) in [5, 5.41) is 2.70. The largest absolute Gasteiger partial charge is 0.399 e. The van der Waals surface area contributed by atoms with Crippen molar-refractivity contribution in [3.63, 3.8) is 0 Å². The second-order valence-electron chi connectivity index (χ2n) is 4.45. The number of rotatable bonds is 2. The summed E-state index contributed by atoms with van der Waals surface area (Å²) in [6.07, 6.45) is 0.494. The molecule has 6 heteroatoms. The molecule has 102 valence electrons. The molecule has 19 heavy (non-hydrogen) atoms. The van der Waals surface area contributed by atoms with Crippen LogP contribution in [0.4, 0.5) is 10.1 Å². The van der Waals surface area contributed by atoms with E-state index in [1.165, 1.54) is 17.0 Å². The summed E-state index contributed by atoms with van der Waals surface area (Å²) in [4.78, 5) is 25.4. The van der Waals surface area contributed by atoms with Crippen LogP contribution in [0.2, 0.25) is 0 Å². The first kappa shape index (κ1) is 13.3. The molecule has 0 spiro atoms. The van der Waals surface area contributed by atoms with Gasteiger partial charge < -0.3 is 16.0 Å². The summed E-state index contributed by atoms with van der Waals surface area (Å²) in [7, 11) is 0. The first-order valence-corrected chi connectivity index (χ1v) is 6.18. The number of benzene rings is 1. The Morgan fingerprint density at radius 2 is 2.32 bits per heavy atom. The van der Waals surface area contributed by atoms with Gasteiger partial charge in [-0.1, -0.05) is 6.92 Å². The molecule has 1 aliphatic heterocycles. The van der Waals surface area contributed by atoms with Gasteiger partial charge in [0.25, 0.3) is 5.91 Å². The van der Waals surface area contributed by atoms with Crippen LogP contribution in [0.25, 0.3) is 0 Å². The van der Waals surface area contributed by atoms with E-state index >= 15 is 0 Å². The number of nitrogen functional groups attached to an aromatic ring is 1. The van der Waals surface area contributed by atoms with Crippen LogP contribution in [0.3, 0.4) is 0 Å². The van der Waals surface area contributed by atoms with E-state index < -0.39 is 17.8 Å². The van der Waals surface area contributed by atoms with E-state index in [9.17, 15) is 14.0 Å². The van der Waals surface area contributed by atoms with E-state index in [0.717, 1.165) is 6.07 Å². The smallest absolute Gasteiger partial charge is 0.257 e. The molecule has 0 radical (unpaired) electrons. The van der Waals surface area contributed by atoms with Crippen molar-refractivity contribution in [3.05, 3.63) is 29.6 Å². The number of hydrogen-bond donors (Lipinski definition) is 2. The standard InChI is InChI=1S/C13H16FN3O2/c1-2-11-12(18)16-5-6-17(11)13(19)9-4-3-8(15)7-10(9)14/h3-4,7,11H,2,5-6,15H2,1H3,(H,16,18). The Kier molecular flexibility index (Phi) is 3.69. The highest BCUT2D eigenvalue weighted by Crippen LogP contribution is 2.18. The number of nitrogens with one attached hydrogen (secondary N) is 1. The zero-order valence-corrected chi connectivity index (χ0v) is 10.6. The lowest BCUT2D eigenvalue weighted by atomic mass is 10.1. The van der Waals surface area contributed by atoms with Crippen molar-refractivity contribution in [3.8, 4) is 0 Å². The fourth-order valence-electron chi connectivity index (χ4n) is 2.22. The maximum absolute atomic E-state index is 13.8. The third-order valence-electron chi connectivity index (χ3n) is 3.20. The topological polar surface area (TPSA) is 75.4 Å². The molecule has 1 aliphatic rings. The second-order valence-corrected chi connectivity index (χ2v) is 4.45. The summed E-state index contributed by atoms with van der Waals surface area (Å²) < 4.78 is 13.8. The predicted octanol–water partition coefficient (Wildman–Crippen LogP) is 0.759. The maximum Gasteiger partial charge on any atom is 0.257 e. The van der Waals surface area contributed by atoms with Crippen molar-refractivity contribution >= 4 is 17.5 Å². The van der Waals surface area contributed by atoms with Gasteiger partial charge >= 0.3 is 0 Å². The Balaban J connectivity index is 2.29. The average molecular weight is 265 g/mol. The Morgan fingerprint density at radius 1 is 1.58 bits per heavy atom. The molecular formula is C13H16FN3O2. The van der Waals surface area contributed by atoms with E-state index in [4.69, 9.17) is 5.73 Å². The van der Waals surface area contributed by atoms with E-state index in [2.05, 4.69) is 5.32 Å². The van der Waals surface area contributed by atoms with E-state index in [0.29, 0.717) is 19.5 Å². The second kappa shape index (κ2) is 5.26. The minimum atomic E-state index is -0.661. The molecule has 2 amide bonds. The van der Waals surface area contributed by atoms with Crippen molar-refractivity contribution in [2.24, 2.45) is 0 Å². The number of piperazine rings is 1. The Hall–Kier alpha value is -2.11. The molecule has 1 fully saturated rings. The molecule has 3 N–H and O–H groups in total. The number of carbonyl (C=O) groups excluding carboxylic acids is 2. The highest BCUT2D eigenvalue weighted by molar-refractivity contribution is 5.98. The predicted molar refractivity (Wildman–Crippen MR) is 68.9 cm³/mol. The van der Waals surface area contributed by atoms with Crippen molar-refractivity contribution in [2.45, 2.75) is 19.4 Å². The number of nitrogens with two attached hydrogens (primary N) is 1. The summed E-state index contributed by atoms with van der Waals surface area (Å²) >= 11 is 0. The van der Waals surface area contributed by atoms with Crippen molar-refractivity contribution in [1.82, 2.24) is 10.2 Å². The normalized spacial score (nSPS) is 19.2. The summed E-state index contributed by atoms with van der Waals surface area (Å²) in [6.45, 7) is 2.58. The van der Waals surface area contributed by atoms with Crippen LogP contribution in [0.1, 0.15) is 23.7 Å². The molecular weight excluding hydrogens is 249 g/mol. The molecule has 0 bridgehead atoms. The lowest BCUT2D eigenvalue weighted by Gasteiger charge is -2.34. The van der Waals surface area contributed by atoms with Crippen LogP contribution in [0.5, 0.6) is 0 Å². The van der Waals surface area contributed by atoms with Gasteiger partial charge in [0.15, 0.2) is 0 Å². The fraction of sp³-hybridized carbons (Fsp3) is 0.385. The van der Waals surface area contributed by atoms with Crippen LogP contribution < -0.4 is 11.1 Å². The van der Waals surface area contributed by atoms with Crippen LogP contribution in [-0.4, -0.2) is 35.8 Å². The van der Waals surface area contributed by atoms with Gasteiger partial charge in [-0.05, 0) is 24.6 Å². The number of nitrogens with zero attached hydrogens (tertiary/aromatic N) is 1. The van der Waals surface area contributed by atoms with Gasteiger partial charge in [0.2, 0.25) is 5.91 Å². The Labute approximate surface area is 110 Å². The minimum absolute atomic E-state index is 0.0534. The molecule has 0 aliphatic carbocycles. The van der Waals surface area contributed by atoms with Gasteiger partial charge in [-0.2, -0.15) is 0 Å². The van der Waals surface area contributed by atoms with E-state index in [-0.39, 0.29) is 17.2 Å². The minimum Gasteiger partial charge on any atom is -0.399 e. The lowest BCUT2D eigenvalue weighted by Crippen LogP contribution is -2.57. The highest BCUT2D eigenvalue weighted by Gasteiger charge is 2.32. The van der Waals surface area contributed by atoms with Gasteiger partial charge in [0.1, 0.15) is 11.9 Å². The van der Waals surface area contributed by atoms with Crippen LogP contribution >= 0.6 is 0 Å². The van der Waals surface area contributed by atoms with Gasteiger partial charge in [-0.25, -0.2) is 4.39 Å². The molecule has 5 nitrogen and oxygen atoms in total. The lowest BCUT2D eigenvalue weighted by molar-refractivity contribution is -0.127. The number of hydrogen-bond acceptors (Lipinski definition) is 3. The fourth-order valence-corrected chi connectivity index (χ4v) is 2.22.